The van der Waals surface area contributed by atoms with Gasteiger partial charge in [-0.15, -0.1) is 0 Å². The second-order valence-corrected chi connectivity index (χ2v) is 4.28. The van der Waals surface area contributed by atoms with E-state index in [1.54, 1.807) is 24.3 Å². The first-order chi connectivity index (χ1) is 8.20. The molecule has 1 aromatic heterocycles. The lowest BCUT2D eigenvalue weighted by atomic mass is 10.1. The minimum atomic E-state index is -2.43. The van der Waals surface area contributed by atoms with Crippen LogP contribution in [0.2, 0.25) is 0 Å². The molecular formula is C11H8F2N2OS. The third-order valence-corrected chi connectivity index (χ3v) is 2.89. The zero-order chi connectivity index (χ0) is 12.3. The second-order valence-electron chi connectivity index (χ2n) is 3.22. The first-order valence-corrected chi connectivity index (χ1v) is 5.62. The molecule has 0 aliphatic carbocycles. The molecule has 6 heteroatoms. The van der Waals surface area contributed by atoms with Crippen LogP contribution >= 0.6 is 11.8 Å². The number of H-pyrrole nitrogens is 1. The van der Waals surface area contributed by atoms with Crippen LogP contribution in [-0.2, 0) is 0 Å². The zero-order valence-corrected chi connectivity index (χ0v) is 9.38. The van der Waals surface area contributed by atoms with E-state index >= 15 is 0 Å². The maximum atomic E-state index is 12.1. The van der Waals surface area contributed by atoms with Crippen LogP contribution in [0.15, 0.2) is 35.4 Å². The van der Waals surface area contributed by atoms with Gasteiger partial charge in [-0.2, -0.15) is 13.9 Å². The Bertz CT molecular complexity index is 510. The summed E-state index contributed by atoms with van der Waals surface area (Å²) in [6.45, 7) is 0. The highest BCUT2D eigenvalue weighted by molar-refractivity contribution is 7.99. The minimum absolute atomic E-state index is 0.444. The van der Waals surface area contributed by atoms with Crippen molar-refractivity contribution in [3.63, 3.8) is 0 Å². The first kappa shape index (κ1) is 11.8. The topological polar surface area (TPSA) is 45.8 Å². The van der Waals surface area contributed by atoms with E-state index in [1.165, 1.54) is 6.20 Å². The summed E-state index contributed by atoms with van der Waals surface area (Å²) in [5.74, 6) is -2.43. The number of nitrogens with one attached hydrogen (secondary N) is 1. The molecule has 1 N–H and O–H groups in total. The molecule has 17 heavy (non-hydrogen) atoms. The fourth-order valence-electron chi connectivity index (χ4n) is 1.42. The van der Waals surface area contributed by atoms with Crippen molar-refractivity contribution < 1.29 is 13.6 Å². The highest BCUT2D eigenvalue weighted by Crippen LogP contribution is 2.28. The van der Waals surface area contributed by atoms with Gasteiger partial charge in [0.2, 0.25) is 0 Å². The highest BCUT2D eigenvalue weighted by atomic mass is 32.2. The molecule has 0 aliphatic heterocycles. The van der Waals surface area contributed by atoms with Crippen molar-refractivity contribution in [1.29, 1.82) is 0 Å². The number of carbonyl (C=O) groups is 1. The number of carbonyl (C=O) groups excluding carboxylic acids is 1. The Hall–Kier alpha value is -1.69. The average molecular weight is 254 g/mol. The SMILES string of the molecule is O=Cc1cn[nH]c1-c1ccc(SC(F)F)cc1. The molecule has 0 saturated carbocycles. The summed E-state index contributed by atoms with van der Waals surface area (Å²) in [6.07, 6.45) is 2.12. The lowest BCUT2D eigenvalue weighted by Crippen LogP contribution is -1.85. The van der Waals surface area contributed by atoms with Crippen LogP contribution in [-0.4, -0.2) is 22.2 Å². The molecule has 1 heterocycles. The third kappa shape index (κ3) is 2.71. The van der Waals surface area contributed by atoms with Gasteiger partial charge in [-0.3, -0.25) is 9.89 Å². The van der Waals surface area contributed by atoms with Gasteiger partial charge in [0.15, 0.2) is 6.29 Å². The Kier molecular flexibility index (Phi) is 3.53. The van der Waals surface area contributed by atoms with Crippen LogP contribution in [0.25, 0.3) is 11.3 Å². The van der Waals surface area contributed by atoms with Gasteiger partial charge in [-0.1, -0.05) is 23.9 Å². The van der Waals surface area contributed by atoms with Gasteiger partial charge in [0.25, 0.3) is 5.76 Å². The molecule has 0 atom stereocenters. The van der Waals surface area contributed by atoms with Crippen LogP contribution in [0.5, 0.6) is 0 Å². The third-order valence-electron chi connectivity index (χ3n) is 2.16. The van der Waals surface area contributed by atoms with Crippen molar-refractivity contribution in [3.05, 3.63) is 36.0 Å². The Morgan fingerprint density at radius 3 is 2.59 bits per heavy atom. The second kappa shape index (κ2) is 5.09. The number of hydrogen-bond donors (Lipinski definition) is 1. The molecule has 0 bridgehead atoms. The molecule has 0 spiro atoms. The van der Waals surface area contributed by atoms with Crippen LogP contribution in [0.3, 0.4) is 0 Å². The number of aldehydes is 1. The molecule has 2 aromatic rings. The molecule has 0 radical (unpaired) electrons. The Labute approximate surface area is 100 Å². The van der Waals surface area contributed by atoms with Crippen LogP contribution in [0.1, 0.15) is 10.4 Å². The summed E-state index contributed by atoms with van der Waals surface area (Å²) in [6, 6.07) is 6.51. The smallest absolute Gasteiger partial charge is 0.288 e. The Balaban J connectivity index is 2.26. The molecule has 2 rings (SSSR count). The lowest BCUT2D eigenvalue weighted by molar-refractivity contribution is 0.112. The standard InChI is InChI=1S/C11H8F2N2OS/c12-11(13)17-9-3-1-7(2-4-9)10-8(6-16)5-14-15-10/h1-6,11H,(H,14,15). The number of aromatic amines is 1. The molecule has 0 fully saturated rings. The number of hydrogen-bond acceptors (Lipinski definition) is 3. The normalized spacial score (nSPS) is 10.8. The van der Waals surface area contributed by atoms with Crippen molar-refractivity contribution in [3.8, 4) is 11.3 Å². The minimum Gasteiger partial charge on any atom is -0.298 e. The molecule has 0 saturated heterocycles. The number of rotatable bonds is 4. The molecule has 1 aromatic carbocycles. The first-order valence-electron chi connectivity index (χ1n) is 4.74. The summed E-state index contributed by atoms with van der Waals surface area (Å²) in [4.78, 5) is 11.2. The number of aromatic nitrogens is 2. The van der Waals surface area contributed by atoms with E-state index < -0.39 is 5.76 Å². The lowest BCUT2D eigenvalue weighted by Gasteiger charge is -2.02. The molecule has 3 nitrogen and oxygen atoms in total. The molecule has 0 aliphatic rings. The van der Waals surface area contributed by atoms with Crippen molar-refractivity contribution in [2.75, 3.05) is 0 Å². The van der Waals surface area contributed by atoms with Crippen molar-refractivity contribution in [2.24, 2.45) is 0 Å². The zero-order valence-electron chi connectivity index (χ0n) is 8.56. The summed E-state index contributed by atoms with van der Waals surface area (Å²) >= 11 is 0.486. The van der Waals surface area contributed by atoms with E-state index in [0.717, 1.165) is 5.56 Å². The molecule has 0 amide bonds. The van der Waals surface area contributed by atoms with Gasteiger partial charge in [-0.25, -0.2) is 0 Å². The van der Waals surface area contributed by atoms with Gasteiger partial charge >= 0.3 is 0 Å². The van der Waals surface area contributed by atoms with E-state index in [-0.39, 0.29) is 0 Å². The van der Waals surface area contributed by atoms with Crippen LogP contribution in [0, 0.1) is 0 Å². The average Bonchev–Trinajstić information content (AvgIpc) is 2.77. The number of alkyl halides is 2. The largest absolute Gasteiger partial charge is 0.298 e. The number of nitrogens with zero attached hydrogens (tertiary/aromatic N) is 1. The molecular weight excluding hydrogens is 246 g/mol. The van der Waals surface area contributed by atoms with Crippen molar-refractivity contribution >= 4 is 18.0 Å². The van der Waals surface area contributed by atoms with Crippen LogP contribution < -0.4 is 0 Å². The predicted molar refractivity (Wildman–Crippen MR) is 61.3 cm³/mol. The molecule has 88 valence electrons. The monoisotopic (exact) mass is 254 g/mol. The molecule has 0 unspecified atom stereocenters. The summed E-state index contributed by atoms with van der Waals surface area (Å²) in [5, 5.41) is 6.46. The quantitative estimate of drug-likeness (QED) is 0.673. The fraction of sp³-hybridized carbons (Fsp3) is 0.0909. The van der Waals surface area contributed by atoms with E-state index in [1.807, 2.05) is 0 Å². The van der Waals surface area contributed by atoms with E-state index in [0.29, 0.717) is 34.2 Å². The number of benzene rings is 1. The maximum absolute atomic E-state index is 12.1. The summed E-state index contributed by atoms with van der Waals surface area (Å²) in [5.41, 5.74) is 1.77. The highest BCUT2D eigenvalue weighted by Gasteiger charge is 2.08. The Morgan fingerprint density at radius 1 is 1.29 bits per heavy atom. The predicted octanol–water partition coefficient (Wildman–Crippen LogP) is 3.20. The van der Waals surface area contributed by atoms with Gasteiger partial charge in [-0.05, 0) is 12.1 Å². The van der Waals surface area contributed by atoms with E-state index in [9.17, 15) is 13.6 Å². The van der Waals surface area contributed by atoms with Gasteiger partial charge in [0, 0.05) is 10.5 Å². The number of thioether (sulfide) groups is 1. The van der Waals surface area contributed by atoms with E-state index in [2.05, 4.69) is 10.2 Å². The Morgan fingerprint density at radius 2 is 2.00 bits per heavy atom. The van der Waals surface area contributed by atoms with Gasteiger partial charge in [0.05, 0.1) is 17.5 Å². The van der Waals surface area contributed by atoms with Crippen molar-refractivity contribution in [2.45, 2.75) is 10.7 Å². The van der Waals surface area contributed by atoms with Gasteiger partial charge in [0.1, 0.15) is 0 Å². The fourth-order valence-corrected chi connectivity index (χ4v) is 1.92. The van der Waals surface area contributed by atoms with Gasteiger partial charge < -0.3 is 0 Å². The van der Waals surface area contributed by atoms with Crippen molar-refractivity contribution in [1.82, 2.24) is 10.2 Å². The summed E-state index contributed by atoms with van der Waals surface area (Å²) < 4.78 is 24.2. The maximum Gasteiger partial charge on any atom is 0.288 e. The number of halogens is 2. The van der Waals surface area contributed by atoms with E-state index in [4.69, 9.17) is 0 Å². The summed E-state index contributed by atoms with van der Waals surface area (Å²) in [7, 11) is 0. The van der Waals surface area contributed by atoms with Crippen LogP contribution in [0.4, 0.5) is 8.78 Å².